The summed E-state index contributed by atoms with van der Waals surface area (Å²) in [6.45, 7) is 5.68. The van der Waals surface area contributed by atoms with Crippen molar-refractivity contribution < 1.29 is 9.53 Å². The molecular weight excluding hydrogens is 266 g/mol. The van der Waals surface area contributed by atoms with E-state index in [4.69, 9.17) is 16.2 Å². The molecule has 21 heavy (non-hydrogen) atoms. The van der Waals surface area contributed by atoms with Gasteiger partial charge in [0.2, 0.25) is 5.91 Å². The van der Waals surface area contributed by atoms with E-state index in [2.05, 4.69) is 5.32 Å². The Morgan fingerprint density at radius 2 is 1.90 bits per heavy atom. The molecule has 0 saturated carbocycles. The summed E-state index contributed by atoms with van der Waals surface area (Å²) in [6, 6.07) is 7.34. The summed E-state index contributed by atoms with van der Waals surface area (Å²) in [5.41, 5.74) is 12.4. The number of amides is 1. The van der Waals surface area contributed by atoms with Gasteiger partial charge in [-0.3, -0.25) is 4.79 Å². The van der Waals surface area contributed by atoms with Crippen molar-refractivity contribution in [2.45, 2.75) is 39.3 Å². The van der Waals surface area contributed by atoms with E-state index in [0.717, 1.165) is 24.2 Å². The molecule has 118 valence electrons. The maximum absolute atomic E-state index is 11.6. The van der Waals surface area contributed by atoms with Crippen LogP contribution in [0, 0.1) is 5.92 Å². The zero-order valence-electron chi connectivity index (χ0n) is 13.0. The number of carbonyl (C=O) groups is 1. The molecule has 0 aromatic heterocycles. The van der Waals surface area contributed by atoms with Gasteiger partial charge in [0, 0.05) is 13.1 Å². The molecule has 5 heteroatoms. The van der Waals surface area contributed by atoms with E-state index in [1.165, 1.54) is 0 Å². The number of benzene rings is 1. The van der Waals surface area contributed by atoms with Gasteiger partial charge in [-0.05, 0) is 36.5 Å². The first kappa shape index (κ1) is 17.5. The summed E-state index contributed by atoms with van der Waals surface area (Å²) >= 11 is 0. The lowest BCUT2D eigenvalue weighted by Gasteiger charge is -2.15. The Morgan fingerprint density at radius 1 is 1.24 bits per heavy atom. The van der Waals surface area contributed by atoms with E-state index in [1.807, 2.05) is 38.1 Å². The number of nitrogens with two attached hydrogens (primary N) is 2. The fourth-order valence-electron chi connectivity index (χ4n) is 1.77. The fourth-order valence-corrected chi connectivity index (χ4v) is 1.77. The minimum absolute atomic E-state index is 0.0803. The minimum Gasteiger partial charge on any atom is -0.494 e. The van der Waals surface area contributed by atoms with Gasteiger partial charge < -0.3 is 21.5 Å². The van der Waals surface area contributed by atoms with Gasteiger partial charge in [0.25, 0.3) is 0 Å². The standard InChI is InChI=1S/C16H27N3O2/c1-12(2)15(18)16(20)19-9-3-4-10-21-14-7-5-13(11-17)6-8-14/h5-8,12,15H,3-4,9-11,17-18H2,1-2H3,(H,19,20)/t15-/m0/s1. The highest BCUT2D eigenvalue weighted by Gasteiger charge is 2.15. The number of nitrogens with one attached hydrogen (secondary N) is 1. The predicted octanol–water partition coefficient (Wildman–Crippen LogP) is 1.40. The van der Waals surface area contributed by atoms with E-state index in [9.17, 15) is 4.79 Å². The SMILES string of the molecule is CC(C)[C@H](N)C(=O)NCCCCOc1ccc(CN)cc1. The number of unbranched alkanes of at least 4 members (excludes halogenated alkanes) is 1. The zero-order chi connectivity index (χ0) is 15.7. The topological polar surface area (TPSA) is 90.4 Å². The molecule has 0 bridgehead atoms. The highest BCUT2D eigenvalue weighted by Crippen LogP contribution is 2.12. The van der Waals surface area contributed by atoms with Crippen molar-refractivity contribution in [3.63, 3.8) is 0 Å². The molecule has 0 heterocycles. The maximum atomic E-state index is 11.6. The molecule has 0 aliphatic rings. The maximum Gasteiger partial charge on any atom is 0.237 e. The molecule has 0 aliphatic heterocycles. The monoisotopic (exact) mass is 293 g/mol. The van der Waals surface area contributed by atoms with Crippen LogP contribution in [0.1, 0.15) is 32.3 Å². The van der Waals surface area contributed by atoms with Gasteiger partial charge in [-0.2, -0.15) is 0 Å². The second-order valence-corrected chi connectivity index (χ2v) is 5.46. The quantitative estimate of drug-likeness (QED) is 0.600. The Hall–Kier alpha value is -1.59. The molecule has 0 radical (unpaired) electrons. The summed E-state index contributed by atoms with van der Waals surface area (Å²) in [5, 5.41) is 2.84. The van der Waals surface area contributed by atoms with E-state index in [0.29, 0.717) is 19.7 Å². The van der Waals surface area contributed by atoms with Crippen LogP contribution in [0.25, 0.3) is 0 Å². The average molecular weight is 293 g/mol. The Kier molecular flexibility index (Phi) is 7.79. The van der Waals surface area contributed by atoms with Gasteiger partial charge in [-0.1, -0.05) is 26.0 Å². The molecule has 5 nitrogen and oxygen atoms in total. The molecule has 0 spiro atoms. The predicted molar refractivity (Wildman–Crippen MR) is 84.9 cm³/mol. The largest absolute Gasteiger partial charge is 0.494 e. The van der Waals surface area contributed by atoms with Crippen molar-refractivity contribution in [1.29, 1.82) is 0 Å². The second kappa shape index (κ2) is 9.37. The third-order valence-electron chi connectivity index (χ3n) is 3.32. The van der Waals surface area contributed by atoms with Crippen LogP contribution in [0.2, 0.25) is 0 Å². The molecule has 1 aromatic carbocycles. The Labute approximate surface area is 127 Å². The van der Waals surface area contributed by atoms with Crippen LogP contribution in [0.4, 0.5) is 0 Å². The second-order valence-electron chi connectivity index (χ2n) is 5.46. The van der Waals surface area contributed by atoms with E-state index >= 15 is 0 Å². The summed E-state index contributed by atoms with van der Waals surface area (Å²) < 4.78 is 5.62. The summed E-state index contributed by atoms with van der Waals surface area (Å²) in [7, 11) is 0. The van der Waals surface area contributed by atoms with Crippen LogP contribution in [0.5, 0.6) is 5.75 Å². The molecule has 0 aliphatic carbocycles. The molecule has 1 aromatic rings. The van der Waals surface area contributed by atoms with Gasteiger partial charge in [0.15, 0.2) is 0 Å². The summed E-state index contributed by atoms with van der Waals surface area (Å²) in [4.78, 5) is 11.6. The van der Waals surface area contributed by atoms with Gasteiger partial charge >= 0.3 is 0 Å². The van der Waals surface area contributed by atoms with Crippen LogP contribution < -0.4 is 21.5 Å². The Balaban J connectivity index is 2.10. The van der Waals surface area contributed by atoms with Crippen molar-refractivity contribution in [3.8, 4) is 5.75 Å². The number of rotatable bonds is 9. The van der Waals surface area contributed by atoms with Crippen LogP contribution >= 0.6 is 0 Å². The molecule has 0 saturated heterocycles. The lowest BCUT2D eigenvalue weighted by atomic mass is 10.1. The fraction of sp³-hybridized carbons (Fsp3) is 0.562. The van der Waals surface area contributed by atoms with Crippen molar-refractivity contribution >= 4 is 5.91 Å². The van der Waals surface area contributed by atoms with E-state index < -0.39 is 6.04 Å². The average Bonchev–Trinajstić information content (AvgIpc) is 2.50. The molecule has 0 unspecified atom stereocenters. The minimum atomic E-state index is -0.428. The van der Waals surface area contributed by atoms with Gasteiger partial charge in [0.05, 0.1) is 12.6 Å². The highest BCUT2D eigenvalue weighted by atomic mass is 16.5. The molecule has 5 N–H and O–H groups in total. The van der Waals surface area contributed by atoms with Crippen molar-refractivity contribution in [1.82, 2.24) is 5.32 Å². The molecule has 1 atom stereocenters. The number of hydrogen-bond donors (Lipinski definition) is 3. The Morgan fingerprint density at radius 3 is 2.48 bits per heavy atom. The molecular formula is C16H27N3O2. The molecule has 1 rings (SSSR count). The number of carbonyl (C=O) groups excluding carboxylic acids is 1. The highest BCUT2D eigenvalue weighted by molar-refractivity contribution is 5.81. The zero-order valence-corrected chi connectivity index (χ0v) is 13.0. The van der Waals surface area contributed by atoms with Crippen LogP contribution in [-0.2, 0) is 11.3 Å². The van der Waals surface area contributed by atoms with Crippen LogP contribution in [0.3, 0.4) is 0 Å². The Bertz CT molecular complexity index is 418. The normalized spacial score (nSPS) is 12.2. The third-order valence-corrected chi connectivity index (χ3v) is 3.32. The molecule has 0 fully saturated rings. The van der Waals surface area contributed by atoms with E-state index in [-0.39, 0.29) is 11.8 Å². The van der Waals surface area contributed by atoms with Crippen LogP contribution in [0.15, 0.2) is 24.3 Å². The lowest BCUT2D eigenvalue weighted by molar-refractivity contribution is -0.123. The number of hydrogen-bond acceptors (Lipinski definition) is 4. The summed E-state index contributed by atoms with van der Waals surface area (Å²) in [5.74, 6) is 0.922. The third kappa shape index (κ3) is 6.60. The lowest BCUT2D eigenvalue weighted by Crippen LogP contribution is -2.44. The van der Waals surface area contributed by atoms with Crippen molar-refractivity contribution in [3.05, 3.63) is 29.8 Å². The van der Waals surface area contributed by atoms with Gasteiger partial charge in [-0.25, -0.2) is 0 Å². The van der Waals surface area contributed by atoms with Gasteiger partial charge in [-0.15, -0.1) is 0 Å². The van der Waals surface area contributed by atoms with E-state index in [1.54, 1.807) is 0 Å². The summed E-state index contributed by atoms with van der Waals surface area (Å²) in [6.07, 6.45) is 1.76. The smallest absolute Gasteiger partial charge is 0.237 e. The van der Waals surface area contributed by atoms with Gasteiger partial charge in [0.1, 0.15) is 5.75 Å². The molecule has 1 amide bonds. The van der Waals surface area contributed by atoms with Crippen molar-refractivity contribution in [2.75, 3.05) is 13.2 Å². The first-order chi connectivity index (χ1) is 10.0. The first-order valence-electron chi connectivity index (χ1n) is 7.49. The van der Waals surface area contributed by atoms with Crippen LogP contribution in [-0.4, -0.2) is 25.1 Å². The number of ether oxygens (including phenoxy) is 1. The first-order valence-corrected chi connectivity index (χ1v) is 7.49. The van der Waals surface area contributed by atoms with Crippen molar-refractivity contribution in [2.24, 2.45) is 17.4 Å².